The van der Waals surface area contributed by atoms with E-state index in [9.17, 15) is 9.59 Å². The van der Waals surface area contributed by atoms with Gasteiger partial charge in [0.15, 0.2) is 24.3 Å². The number of rotatable bonds is 5. The predicted molar refractivity (Wildman–Crippen MR) is 121 cm³/mol. The molecular weight excluding hydrogens is 406 g/mol. The lowest BCUT2D eigenvalue weighted by Gasteiger charge is -2.50. The molecule has 1 saturated heterocycles. The first-order valence-electron chi connectivity index (χ1n) is 10.5. The summed E-state index contributed by atoms with van der Waals surface area (Å²) in [6.07, 6.45) is 4.18. The first kappa shape index (κ1) is 21.7. The fraction of sp³-hybridized carbons (Fsp3) is 0.304. The summed E-state index contributed by atoms with van der Waals surface area (Å²) in [6.45, 7) is 2.23. The zero-order chi connectivity index (χ0) is 22.9. The SMILES string of the molecule is CN=Nc1cccc(N/N=C2\C(=O)[N+]3(CCC3N(C)C)C(=O)C([n+]3ccccc3)=C2C)c1. The van der Waals surface area contributed by atoms with Crippen molar-refractivity contribution in [2.45, 2.75) is 19.5 Å². The third-order valence-electron chi connectivity index (χ3n) is 6.02. The van der Waals surface area contributed by atoms with E-state index in [1.807, 2.05) is 67.8 Å². The van der Waals surface area contributed by atoms with Gasteiger partial charge in [0.25, 0.3) is 0 Å². The topological polar surface area (TPSA) is 90.4 Å². The number of nitrogens with zero attached hydrogens (tertiary/aromatic N) is 6. The van der Waals surface area contributed by atoms with E-state index in [-0.39, 0.29) is 28.2 Å². The van der Waals surface area contributed by atoms with Crippen LogP contribution in [0.1, 0.15) is 13.3 Å². The quantitative estimate of drug-likeness (QED) is 0.258. The highest BCUT2D eigenvalue weighted by molar-refractivity contribution is 6.49. The molecule has 2 atom stereocenters. The molecule has 1 aromatic heterocycles. The molecule has 2 aliphatic heterocycles. The van der Waals surface area contributed by atoms with Gasteiger partial charge in [0.05, 0.1) is 23.4 Å². The number of aromatic nitrogens is 1. The number of nitrogens with one attached hydrogen (secondary N) is 1. The van der Waals surface area contributed by atoms with Crippen LogP contribution in [-0.2, 0) is 9.59 Å². The number of hydrazone groups is 1. The van der Waals surface area contributed by atoms with Crippen LogP contribution in [0.5, 0.6) is 0 Å². The van der Waals surface area contributed by atoms with Crippen LogP contribution in [0.15, 0.2) is 75.8 Å². The minimum Gasteiger partial charge on any atom is -0.277 e. The fourth-order valence-electron chi connectivity index (χ4n) is 4.39. The Labute approximate surface area is 187 Å². The number of pyridine rings is 1. The van der Waals surface area contributed by atoms with Gasteiger partial charge in [-0.3, -0.25) is 10.3 Å². The van der Waals surface area contributed by atoms with Crippen molar-refractivity contribution in [3.8, 4) is 0 Å². The number of hydrogen-bond donors (Lipinski definition) is 1. The molecule has 0 aliphatic carbocycles. The van der Waals surface area contributed by atoms with E-state index in [4.69, 9.17) is 0 Å². The van der Waals surface area contributed by atoms with E-state index in [1.165, 1.54) is 0 Å². The molecule has 1 aromatic carbocycles. The van der Waals surface area contributed by atoms with Crippen LogP contribution in [0.25, 0.3) is 5.70 Å². The largest absolute Gasteiger partial charge is 0.420 e. The number of benzene rings is 1. The summed E-state index contributed by atoms with van der Waals surface area (Å²) in [6, 6.07) is 12.9. The third kappa shape index (κ3) is 3.45. The zero-order valence-corrected chi connectivity index (χ0v) is 18.7. The summed E-state index contributed by atoms with van der Waals surface area (Å²) in [5.41, 5.74) is 5.59. The van der Waals surface area contributed by atoms with E-state index in [1.54, 1.807) is 24.6 Å². The van der Waals surface area contributed by atoms with Crippen LogP contribution in [0.4, 0.5) is 11.4 Å². The molecule has 2 amide bonds. The zero-order valence-electron chi connectivity index (χ0n) is 18.7. The van der Waals surface area contributed by atoms with Gasteiger partial charge < -0.3 is 0 Å². The van der Waals surface area contributed by atoms with Gasteiger partial charge >= 0.3 is 17.5 Å². The average Bonchev–Trinajstić information content (AvgIpc) is 2.74. The van der Waals surface area contributed by atoms with Crippen LogP contribution < -0.4 is 9.99 Å². The van der Waals surface area contributed by atoms with Crippen LogP contribution in [0.2, 0.25) is 0 Å². The van der Waals surface area contributed by atoms with Gasteiger partial charge in [0, 0.05) is 19.2 Å². The van der Waals surface area contributed by atoms with E-state index < -0.39 is 0 Å². The van der Waals surface area contributed by atoms with Gasteiger partial charge in [-0.25, -0.2) is 9.59 Å². The lowest BCUT2D eigenvalue weighted by Crippen LogP contribution is -2.78. The molecule has 4 rings (SSSR count). The van der Waals surface area contributed by atoms with Crippen LogP contribution in [-0.4, -0.2) is 60.8 Å². The maximum Gasteiger partial charge on any atom is 0.420 e. The van der Waals surface area contributed by atoms with Crippen molar-refractivity contribution >= 4 is 34.6 Å². The molecular formula is C23H27N7O2+2. The van der Waals surface area contributed by atoms with Gasteiger partial charge in [-0.05, 0) is 39.2 Å². The van der Waals surface area contributed by atoms with Crippen LogP contribution in [0.3, 0.4) is 0 Å². The smallest absolute Gasteiger partial charge is 0.277 e. The standard InChI is InChI=1S/C23H26N7O2/c1-16-20(27-26-18-10-8-9-17(15-18)25-24-2)22(31)30(14-11-19(30)28(3)4)23(32)21(16)29-12-6-5-7-13-29/h5-10,12-13,15,19H,11,14H2,1-4H3/q+1/p+1. The summed E-state index contributed by atoms with van der Waals surface area (Å²) in [5.74, 6) is -0.479. The van der Waals surface area contributed by atoms with Gasteiger partial charge in [-0.15, -0.1) is 0 Å². The normalized spacial score (nSPS) is 24.7. The van der Waals surface area contributed by atoms with Gasteiger partial charge in [0.2, 0.25) is 0 Å². The first-order chi connectivity index (χ1) is 15.4. The van der Waals surface area contributed by atoms with Gasteiger partial charge in [-0.2, -0.15) is 24.4 Å². The van der Waals surface area contributed by atoms with Crippen molar-refractivity contribution in [3.05, 3.63) is 60.4 Å². The maximum atomic E-state index is 13.7. The molecule has 1 spiro atoms. The highest BCUT2D eigenvalue weighted by Crippen LogP contribution is 2.38. The number of hydrogen-bond acceptors (Lipinski definition) is 7. The van der Waals surface area contributed by atoms with Crippen LogP contribution in [0, 0.1) is 0 Å². The maximum absolute atomic E-state index is 13.7. The molecule has 2 aliphatic rings. The molecule has 3 heterocycles. The Hall–Kier alpha value is -3.56. The van der Waals surface area contributed by atoms with E-state index in [0.717, 1.165) is 6.42 Å². The van der Waals surface area contributed by atoms with Crippen molar-refractivity contribution in [1.29, 1.82) is 0 Å². The van der Waals surface area contributed by atoms with Crippen molar-refractivity contribution in [1.82, 2.24) is 4.90 Å². The van der Waals surface area contributed by atoms with Gasteiger partial charge in [-0.1, -0.05) is 12.1 Å². The number of amides is 2. The summed E-state index contributed by atoms with van der Waals surface area (Å²) < 4.78 is 1.50. The van der Waals surface area contributed by atoms with Crippen LogP contribution >= 0.6 is 0 Å². The Balaban J connectivity index is 1.82. The summed E-state index contributed by atoms with van der Waals surface area (Å²) in [4.78, 5) is 29.4. The average molecular weight is 434 g/mol. The van der Waals surface area contributed by atoms with Crippen molar-refractivity contribution < 1.29 is 18.6 Å². The Kier molecular flexibility index (Phi) is 5.77. The second-order valence-corrected chi connectivity index (χ2v) is 8.11. The predicted octanol–water partition coefficient (Wildman–Crippen LogP) is 2.56. The molecule has 1 fully saturated rings. The highest BCUT2D eigenvalue weighted by atomic mass is 16.2. The molecule has 2 aromatic rings. The molecule has 164 valence electrons. The molecule has 0 saturated carbocycles. The molecule has 0 bridgehead atoms. The Morgan fingerprint density at radius 3 is 2.47 bits per heavy atom. The van der Waals surface area contributed by atoms with Crippen molar-refractivity contribution in [2.24, 2.45) is 15.3 Å². The number of carbonyl (C=O) groups is 2. The minimum atomic E-state index is -0.283. The highest BCUT2D eigenvalue weighted by Gasteiger charge is 2.66. The van der Waals surface area contributed by atoms with E-state index >= 15 is 0 Å². The number of imide groups is 1. The third-order valence-corrected chi connectivity index (χ3v) is 6.02. The van der Waals surface area contributed by atoms with E-state index in [2.05, 4.69) is 20.8 Å². The molecule has 32 heavy (non-hydrogen) atoms. The lowest BCUT2D eigenvalue weighted by molar-refractivity contribution is -0.861. The summed E-state index contributed by atoms with van der Waals surface area (Å²) >= 11 is 0. The monoisotopic (exact) mass is 433 g/mol. The van der Waals surface area contributed by atoms with Gasteiger partial charge in [0.1, 0.15) is 6.54 Å². The number of azo groups is 1. The van der Waals surface area contributed by atoms with Crippen molar-refractivity contribution in [3.63, 3.8) is 0 Å². The second kappa shape index (κ2) is 8.52. The molecule has 2 unspecified atom stereocenters. The Morgan fingerprint density at radius 1 is 1.09 bits per heavy atom. The molecule has 9 nitrogen and oxygen atoms in total. The minimum absolute atomic E-state index is 0.196. The lowest BCUT2D eigenvalue weighted by atomic mass is 9.92. The van der Waals surface area contributed by atoms with E-state index in [0.29, 0.717) is 29.2 Å². The Morgan fingerprint density at radius 2 is 1.84 bits per heavy atom. The molecule has 0 radical (unpaired) electrons. The molecule has 1 N–H and O–H groups in total. The summed E-state index contributed by atoms with van der Waals surface area (Å²) in [5, 5.41) is 12.3. The Bertz CT molecular complexity index is 1150. The molecule has 9 heteroatoms. The first-order valence-corrected chi connectivity index (χ1v) is 10.5. The number of quaternary nitrogens is 1. The second-order valence-electron chi connectivity index (χ2n) is 8.11. The fourth-order valence-corrected chi connectivity index (χ4v) is 4.39. The summed E-state index contributed by atoms with van der Waals surface area (Å²) in [7, 11) is 5.40. The van der Waals surface area contributed by atoms with Crippen molar-refractivity contribution in [2.75, 3.05) is 33.1 Å². The number of anilines is 1. The number of carbonyl (C=O) groups excluding carboxylic acids is 2.